The lowest BCUT2D eigenvalue weighted by atomic mass is 9.87. The van der Waals surface area contributed by atoms with Crippen molar-refractivity contribution in [3.8, 4) is 0 Å². The maximum atomic E-state index is 12.8. The molecule has 1 saturated heterocycles. The largest absolute Gasteiger partial charge is 0.419 e. The lowest BCUT2D eigenvalue weighted by molar-refractivity contribution is -0.317. The summed E-state index contributed by atoms with van der Waals surface area (Å²) in [5.74, 6) is 0. The summed E-state index contributed by atoms with van der Waals surface area (Å²) in [6, 6.07) is -0.877. The van der Waals surface area contributed by atoms with Crippen LogP contribution < -0.4 is 5.32 Å². The first-order valence-corrected chi connectivity index (χ1v) is 6.70. The second kappa shape index (κ2) is 5.02. The Hall–Kier alpha value is -0.550. The molecular formula is C10H15F3N2O4S. The molecule has 2 aliphatic rings. The van der Waals surface area contributed by atoms with Crippen molar-refractivity contribution < 1.29 is 33.2 Å². The van der Waals surface area contributed by atoms with Gasteiger partial charge in [0, 0.05) is 7.05 Å². The number of amidine groups is 1. The summed E-state index contributed by atoms with van der Waals surface area (Å²) in [4.78, 5) is 4.01. The Bertz CT molecular complexity index is 418. The summed E-state index contributed by atoms with van der Waals surface area (Å²) in [6.07, 6.45) is -10.4. The summed E-state index contributed by atoms with van der Waals surface area (Å²) in [5.41, 5.74) is -4.17. The van der Waals surface area contributed by atoms with Crippen LogP contribution in [0.15, 0.2) is 4.99 Å². The zero-order valence-electron chi connectivity index (χ0n) is 10.6. The van der Waals surface area contributed by atoms with E-state index >= 15 is 0 Å². The SMILES string of the molecule is CNC1=N[C@@H]2[C@@H](O)[C@H](O)[C@@H]([C@@](C)(O)C(F)(F)F)O[C@@H]2S1. The molecule has 10 heteroatoms. The maximum Gasteiger partial charge on any atom is 0.419 e. The standard InChI is InChI=1S/C10H15F3N2O4S/c1-9(18,10(11,12)13)6-5(17)4(16)3-7(19-6)20-8(14-2)15-3/h3-7,16-18H,1-2H3,(H,14,15)/t3-,4-,5+,6+,7-,9-/m1/s1. The van der Waals surface area contributed by atoms with Gasteiger partial charge in [0.05, 0.1) is 0 Å². The Balaban J connectivity index is 2.24. The average Bonchev–Trinajstić information content (AvgIpc) is 2.75. The molecule has 0 aliphatic carbocycles. The van der Waals surface area contributed by atoms with E-state index in [-0.39, 0.29) is 0 Å². The van der Waals surface area contributed by atoms with Crippen molar-refractivity contribution in [3.05, 3.63) is 0 Å². The van der Waals surface area contributed by atoms with E-state index in [1.165, 1.54) is 0 Å². The fourth-order valence-electron chi connectivity index (χ4n) is 2.11. The van der Waals surface area contributed by atoms with E-state index in [0.29, 0.717) is 12.1 Å². The molecule has 2 heterocycles. The van der Waals surface area contributed by atoms with Crippen molar-refractivity contribution in [2.75, 3.05) is 7.05 Å². The van der Waals surface area contributed by atoms with Crippen molar-refractivity contribution in [3.63, 3.8) is 0 Å². The Kier molecular flexibility index (Phi) is 3.97. The number of halogens is 3. The topological polar surface area (TPSA) is 94.3 Å². The molecule has 2 rings (SSSR count). The number of hydrogen-bond donors (Lipinski definition) is 4. The molecule has 6 atom stereocenters. The van der Waals surface area contributed by atoms with Crippen LogP contribution in [0.3, 0.4) is 0 Å². The van der Waals surface area contributed by atoms with Crippen LogP contribution in [0.2, 0.25) is 0 Å². The Labute approximate surface area is 117 Å². The molecule has 0 aromatic carbocycles. The van der Waals surface area contributed by atoms with Crippen molar-refractivity contribution in [2.45, 2.75) is 48.5 Å². The molecule has 0 saturated carbocycles. The molecule has 116 valence electrons. The third-order valence-corrected chi connectivity index (χ3v) is 4.56. The van der Waals surface area contributed by atoms with E-state index in [9.17, 15) is 28.5 Å². The van der Waals surface area contributed by atoms with Gasteiger partial charge >= 0.3 is 6.18 Å². The molecule has 0 amide bonds. The minimum atomic E-state index is -5.00. The molecule has 0 aromatic rings. The smallest absolute Gasteiger partial charge is 0.388 e. The molecule has 0 radical (unpaired) electrons. The van der Waals surface area contributed by atoms with Gasteiger partial charge in [-0.3, -0.25) is 4.99 Å². The summed E-state index contributed by atoms with van der Waals surface area (Å²) >= 11 is 0.998. The third kappa shape index (κ3) is 2.39. The van der Waals surface area contributed by atoms with Gasteiger partial charge in [-0.25, -0.2) is 0 Å². The second-order valence-electron chi connectivity index (χ2n) is 4.84. The number of ether oxygens (including phenoxy) is 1. The van der Waals surface area contributed by atoms with Crippen molar-refractivity contribution in [2.24, 2.45) is 4.99 Å². The second-order valence-corrected chi connectivity index (χ2v) is 5.93. The number of thioether (sulfide) groups is 1. The minimum absolute atomic E-state index is 0.388. The number of nitrogens with zero attached hydrogens (tertiary/aromatic N) is 1. The van der Waals surface area contributed by atoms with Gasteiger partial charge in [-0.2, -0.15) is 13.2 Å². The number of nitrogens with one attached hydrogen (secondary N) is 1. The highest BCUT2D eigenvalue weighted by Crippen LogP contribution is 2.43. The number of aliphatic hydroxyl groups is 3. The van der Waals surface area contributed by atoms with Gasteiger partial charge in [0.1, 0.15) is 29.8 Å². The first kappa shape index (κ1) is 15.8. The van der Waals surface area contributed by atoms with Gasteiger partial charge in [-0.1, -0.05) is 11.8 Å². The summed E-state index contributed by atoms with van der Waals surface area (Å²) in [7, 11) is 1.56. The Morgan fingerprint density at radius 1 is 1.30 bits per heavy atom. The van der Waals surface area contributed by atoms with Crippen LogP contribution in [0.5, 0.6) is 0 Å². The fraction of sp³-hybridized carbons (Fsp3) is 0.900. The normalized spacial score (nSPS) is 40.8. The summed E-state index contributed by atoms with van der Waals surface area (Å²) < 4.78 is 43.6. The Morgan fingerprint density at radius 2 is 1.90 bits per heavy atom. The van der Waals surface area contributed by atoms with E-state index in [4.69, 9.17) is 4.74 Å². The zero-order chi connectivity index (χ0) is 15.3. The first-order chi connectivity index (χ1) is 9.09. The first-order valence-electron chi connectivity index (χ1n) is 5.82. The highest BCUT2D eigenvalue weighted by molar-refractivity contribution is 8.14. The number of aliphatic imine (C=N–C) groups is 1. The molecule has 2 aliphatic heterocycles. The van der Waals surface area contributed by atoms with Crippen LogP contribution >= 0.6 is 11.8 Å². The predicted octanol–water partition coefficient (Wildman–Crippen LogP) is -0.563. The molecule has 0 bridgehead atoms. The van der Waals surface area contributed by atoms with E-state index in [2.05, 4.69) is 10.3 Å². The average molecular weight is 316 g/mol. The number of rotatable bonds is 1. The van der Waals surface area contributed by atoms with E-state index in [1.54, 1.807) is 7.05 Å². The molecule has 20 heavy (non-hydrogen) atoms. The molecule has 0 spiro atoms. The monoisotopic (exact) mass is 316 g/mol. The van der Waals surface area contributed by atoms with Crippen molar-refractivity contribution in [1.29, 1.82) is 0 Å². The van der Waals surface area contributed by atoms with Gasteiger partial charge in [0.2, 0.25) is 0 Å². The van der Waals surface area contributed by atoms with Crippen LogP contribution in [0.1, 0.15) is 6.92 Å². The Morgan fingerprint density at radius 3 is 2.40 bits per heavy atom. The zero-order valence-corrected chi connectivity index (χ0v) is 11.4. The molecule has 4 N–H and O–H groups in total. The number of fused-ring (bicyclic) bond motifs is 1. The fourth-order valence-corrected chi connectivity index (χ4v) is 3.16. The number of hydrogen-bond acceptors (Lipinski definition) is 7. The molecule has 0 unspecified atom stereocenters. The minimum Gasteiger partial charge on any atom is -0.388 e. The predicted molar refractivity (Wildman–Crippen MR) is 65.2 cm³/mol. The van der Waals surface area contributed by atoms with Gasteiger partial charge < -0.3 is 25.4 Å². The highest BCUT2D eigenvalue weighted by atomic mass is 32.2. The van der Waals surface area contributed by atoms with Crippen LogP contribution in [0.4, 0.5) is 13.2 Å². The van der Waals surface area contributed by atoms with Gasteiger partial charge in [-0.05, 0) is 6.92 Å². The molecule has 0 aromatic heterocycles. The molecular weight excluding hydrogens is 301 g/mol. The highest BCUT2D eigenvalue weighted by Gasteiger charge is 2.62. The van der Waals surface area contributed by atoms with Gasteiger partial charge in [0.25, 0.3) is 0 Å². The lowest BCUT2D eigenvalue weighted by Gasteiger charge is -2.44. The van der Waals surface area contributed by atoms with Crippen LogP contribution in [0.25, 0.3) is 0 Å². The van der Waals surface area contributed by atoms with Crippen molar-refractivity contribution >= 4 is 16.9 Å². The van der Waals surface area contributed by atoms with Gasteiger partial charge in [0.15, 0.2) is 10.8 Å². The van der Waals surface area contributed by atoms with E-state index < -0.39 is 41.6 Å². The third-order valence-electron chi connectivity index (χ3n) is 3.41. The quantitative estimate of drug-likeness (QED) is 0.518. The van der Waals surface area contributed by atoms with E-state index in [0.717, 1.165) is 11.8 Å². The van der Waals surface area contributed by atoms with Gasteiger partial charge in [-0.15, -0.1) is 0 Å². The summed E-state index contributed by atoms with van der Waals surface area (Å²) in [6.45, 7) is 0.507. The van der Waals surface area contributed by atoms with E-state index in [1.807, 2.05) is 0 Å². The van der Waals surface area contributed by atoms with Crippen LogP contribution in [0, 0.1) is 0 Å². The summed E-state index contributed by atoms with van der Waals surface area (Å²) in [5, 5.41) is 32.4. The van der Waals surface area contributed by atoms with Crippen LogP contribution in [-0.2, 0) is 4.74 Å². The molecule has 1 fully saturated rings. The van der Waals surface area contributed by atoms with Crippen molar-refractivity contribution in [1.82, 2.24) is 5.32 Å². The number of aliphatic hydroxyl groups excluding tert-OH is 2. The molecule has 6 nitrogen and oxygen atoms in total. The lowest BCUT2D eigenvalue weighted by Crippen LogP contribution is -2.66. The number of alkyl halides is 3. The van der Waals surface area contributed by atoms with Crippen LogP contribution in [-0.4, -0.2) is 69.1 Å². The maximum absolute atomic E-state index is 12.8.